The first-order chi connectivity index (χ1) is 15.4. The van der Waals surface area contributed by atoms with Gasteiger partial charge in [0.1, 0.15) is 23.7 Å². The smallest absolute Gasteiger partial charge is 0.338 e. The van der Waals surface area contributed by atoms with Gasteiger partial charge in [0, 0.05) is 17.0 Å². The summed E-state index contributed by atoms with van der Waals surface area (Å²) in [5, 5.41) is 0.771. The molecule has 5 nitrogen and oxygen atoms in total. The van der Waals surface area contributed by atoms with Gasteiger partial charge in [0.2, 0.25) is 0 Å². The Morgan fingerprint density at radius 2 is 1.69 bits per heavy atom. The van der Waals surface area contributed by atoms with Crippen molar-refractivity contribution >= 4 is 16.9 Å². The fourth-order valence-corrected chi connectivity index (χ4v) is 3.67. The molecule has 3 aromatic carbocycles. The minimum atomic E-state index is -0.499. The van der Waals surface area contributed by atoms with Gasteiger partial charge in [-0.3, -0.25) is 0 Å². The Hall–Kier alpha value is -3.86. The van der Waals surface area contributed by atoms with Crippen molar-refractivity contribution in [3.05, 3.63) is 105 Å². The maximum absolute atomic E-state index is 12.7. The minimum Gasteiger partial charge on any atom is -0.457 e. The van der Waals surface area contributed by atoms with Gasteiger partial charge >= 0.3 is 11.6 Å². The molecule has 0 N–H and O–H groups in total. The Labute approximate surface area is 186 Å². The second-order valence-electron chi connectivity index (χ2n) is 7.97. The molecule has 4 rings (SSSR count). The standard InChI is InChI=1S/C27H24O5/c1-17(2)23-15-24-20(14-26(28)32-25(24)12-18(23)3)16-30-27(29)19-8-7-11-22(13-19)31-21-9-5-4-6-10-21/h4-15,17H,16H2,1-3H3. The van der Waals surface area contributed by atoms with Gasteiger partial charge in [-0.1, -0.05) is 38.1 Å². The highest BCUT2D eigenvalue weighted by molar-refractivity contribution is 5.90. The molecule has 0 aliphatic heterocycles. The largest absolute Gasteiger partial charge is 0.457 e. The van der Waals surface area contributed by atoms with Gasteiger partial charge < -0.3 is 13.9 Å². The van der Waals surface area contributed by atoms with Crippen molar-refractivity contribution in [2.24, 2.45) is 0 Å². The van der Waals surface area contributed by atoms with Gasteiger partial charge in [-0.15, -0.1) is 0 Å². The van der Waals surface area contributed by atoms with Crippen LogP contribution in [-0.2, 0) is 11.3 Å². The minimum absolute atomic E-state index is 0.0364. The average Bonchev–Trinajstić information content (AvgIpc) is 2.77. The van der Waals surface area contributed by atoms with E-state index in [1.165, 1.54) is 6.07 Å². The van der Waals surface area contributed by atoms with Gasteiger partial charge in [-0.25, -0.2) is 9.59 Å². The van der Waals surface area contributed by atoms with Crippen LogP contribution in [0.1, 0.15) is 46.8 Å². The van der Waals surface area contributed by atoms with Crippen LogP contribution in [0.5, 0.6) is 11.5 Å². The lowest BCUT2D eigenvalue weighted by atomic mass is 9.95. The fraction of sp³-hybridized carbons (Fsp3) is 0.185. The molecule has 5 heteroatoms. The first-order valence-electron chi connectivity index (χ1n) is 10.5. The monoisotopic (exact) mass is 428 g/mol. The van der Waals surface area contributed by atoms with Crippen molar-refractivity contribution in [2.75, 3.05) is 0 Å². The second-order valence-corrected chi connectivity index (χ2v) is 7.97. The molecular formula is C27H24O5. The summed E-state index contributed by atoms with van der Waals surface area (Å²) in [6.07, 6.45) is 0. The summed E-state index contributed by atoms with van der Waals surface area (Å²) < 4.78 is 16.7. The van der Waals surface area contributed by atoms with Crippen LogP contribution in [-0.4, -0.2) is 5.97 Å². The number of para-hydroxylation sites is 1. The van der Waals surface area contributed by atoms with Crippen LogP contribution in [0.15, 0.2) is 82.0 Å². The van der Waals surface area contributed by atoms with E-state index in [2.05, 4.69) is 13.8 Å². The maximum Gasteiger partial charge on any atom is 0.338 e. The Kier molecular flexibility index (Phi) is 6.08. The molecule has 0 spiro atoms. The van der Waals surface area contributed by atoms with Gasteiger partial charge in [-0.05, 0) is 66.4 Å². The Balaban J connectivity index is 1.56. The summed E-state index contributed by atoms with van der Waals surface area (Å²) >= 11 is 0. The number of benzene rings is 3. The highest BCUT2D eigenvalue weighted by Crippen LogP contribution is 2.27. The Morgan fingerprint density at radius 3 is 2.44 bits per heavy atom. The molecule has 0 bridgehead atoms. The molecule has 1 aromatic heterocycles. The molecule has 32 heavy (non-hydrogen) atoms. The van der Waals surface area contributed by atoms with E-state index in [9.17, 15) is 9.59 Å². The molecule has 0 amide bonds. The molecule has 0 saturated carbocycles. The van der Waals surface area contributed by atoms with Crippen LogP contribution in [0.2, 0.25) is 0 Å². The van der Waals surface area contributed by atoms with Crippen molar-refractivity contribution in [3.8, 4) is 11.5 Å². The Morgan fingerprint density at radius 1 is 0.938 bits per heavy atom. The van der Waals surface area contributed by atoms with Gasteiger partial charge in [0.05, 0.1) is 5.56 Å². The second kappa shape index (κ2) is 9.10. The number of fused-ring (bicyclic) bond motifs is 1. The predicted molar refractivity (Wildman–Crippen MR) is 123 cm³/mol. The molecule has 1 heterocycles. The number of ether oxygens (including phenoxy) is 2. The number of rotatable bonds is 6. The van der Waals surface area contributed by atoms with E-state index in [1.807, 2.05) is 49.4 Å². The highest BCUT2D eigenvalue weighted by atomic mass is 16.5. The van der Waals surface area contributed by atoms with Crippen LogP contribution in [0.4, 0.5) is 0 Å². The van der Waals surface area contributed by atoms with E-state index in [0.29, 0.717) is 34.1 Å². The van der Waals surface area contributed by atoms with Gasteiger partial charge in [0.15, 0.2) is 0 Å². The van der Waals surface area contributed by atoms with Crippen LogP contribution in [0, 0.1) is 6.92 Å². The first-order valence-corrected chi connectivity index (χ1v) is 10.5. The fourth-order valence-electron chi connectivity index (χ4n) is 3.67. The number of hydrogen-bond donors (Lipinski definition) is 0. The topological polar surface area (TPSA) is 65.7 Å². The molecule has 0 unspecified atom stereocenters. The van der Waals surface area contributed by atoms with Gasteiger partial charge in [-0.2, -0.15) is 0 Å². The Bertz CT molecular complexity index is 1320. The summed E-state index contributed by atoms with van der Waals surface area (Å²) in [7, 11) is 0. The summed E-state index contributed by atoms with van der Waals surface area (Å²) in [4.78, 5) is 24.7. The summed E-state index contributed by atoms with van der Waals surface area (Å²) in [5.41, 5.74) is 3.21. The van der Waals surface area contributed by atoms with E-state index in [4.69, 9.17) is 13.9 Å². The van der Waals surface area contributed by atoms with Gasteiger partial charge in [0.25, 0.3) is 0 Å². The quantitative estimate of drug-likeness (QED) is 0.264. The highest BCUT2D eigenvalue weighted by Gasteiger charge is 2.14. The van der Waals surface area contributed by atoms with E-state index >= 15 is 0 Å². The molecular weight excluding hydrogens is 404 g/mol. The van der Waals surface area contributed by atoms with E-state index in [0.717, 1.165) is 16.5 Å². The third kappa shape index (κ3) is 4.72. The maximum atomic E-state index is 12.7. The molecule has 0 radical (unpaired) electrons. The molecule has 0 atom stereocenters. The summed E-state index contributed by atoms with van der Waals surface area (Å²) in [6.45, 7) is 6.17. The molecule has 162 valence electrons. The van der Waals surface area contributed by atoms with Crippen molar-refractivity contribution in [1.82, 2.24) is 0 Å². The normalized spacial score (nSPS) is 11.0. The average molecular weight is 428 g/mol. The number of hydrogen-bond acceptors (Lipinski definition) is 5. The third-order valence-electron chi connectivity index (χ3n) is 5.25. The van der Waals surface area contributed by atoms with E-state index < -0.39 is 11.6 Å². The molecule has 0 aliphatic rings. The number of aryl methyl sites for hydroxylation is 1. The lowest BCUT2D eigenvalue weighted by molar-refractivity contribution is 0.0473. The van der Waals surface area contributed by atoms with Crippen molar-refractivity contribution in [1.29, 1.82) is 0 Å². The van der Waals surface area contributed by atoms with E-state index in [1.54, 1.807) is 24.3 Å². The SMILES string of the molecule is Cc1cc2oc(=O)cc(COC(=O)c3cccc(Oc4ccccc4)c3)c2cc1C(C)C. The molecule has 0 fully saturated rings. The third-order valence-corrected chi connectivity index (χ3v) is 5.25. The lowest BCUT2D eigenvalue weighted by Crippen LogP contribution is -2.08. The van der Waals surface area contributed by atoms with Crippen LogP contribution < -0.4 is 10.4 Å². The zero-order chi connectivity index (χ0) is 22.7. The molecule has 4 aromatic rings. The van der Waals surface area contributed by atoms with Crippen molar-refractivity contribution in [2.45, 2.75) is 33.3 Å². The number of carbonyl (C=O) groups excluding carboxylic acids is 1. The number of esters is 1. The zero-order valence-corrected chi connectivity index (χ0v) is 18.3. The summed E-state index contributed by atoms with van der Waals surface area (Å²) in [6, 6.07) is 21.4. The van der Waals surface area contributed by atoms with E-state index in [-0.39, 0.29) is 6.61 Å². The lowest BCUT2D eigenvalue weighted by Gasteiger charge is -2.13. The number of carbonyl (C=O) groups is 1. The van der Waals surface area contributed by atoms with Crippen LogP contribution in [0.25, 0.3) is 11.0 Å². The predicted octanol–water partition coefficient (Wildman–Crippen LogP) is 6.37. The van der Waals surface area contributed by atoms with Crippen LogP contribution >= 0.6 is 0 Å². The molecule has 0 saturated heterocycles. The zero-order valence-electron chi connectivity index (χ0n) is 18.3. The van der Waals surface area contributed by atoms with Crippen molar-refractivity contribution < 1.29 is 18.7 Å². The molecule has 0 aliphatic carbocycles. The first kappa shape index (κ1) is 21.4. The van der Waals surface area contributed by atoms with Crippen LogP contribution in [0.3, 0.4) is 0 Å². The van der Waals surface area contributed by atoms with Crippen molar-refractivity contribution in [3.63, 3.8) is 0 Å². The summed E-state index contributed by atoms with van der Waals surface area (Å²) in [5.74, 6) is 1.03.